The van der Waals surface area contributed by atoms with Gasteiger partial charge in [0.15, 0.2) is 5.84 Å². The third-order valence-electron chi connectivity index (χ3n) is 2.23. The lowest BCUT2D eigenvalue weighted by Crippen LogP contribution is -2.14. The molecule has 1 aromatic carbocycles. The number of aromatic nitrogens is 1. The fourth-order valence-electron chi connectivity index (χ4n) is 1.33. The minimum Gasteiger partial charge on any atom is -0.455 e. The topological polar surface area (TPSA) is 80.7 Å². The van der Waals surface area contributed by atoms with Crippen LogP contribution in [0, 0.1) is 0 Å². The van der Waals surface area contributed by atoms with Crippen LogP contribution in [0.4, 0.5) is 0 Å². The lowest BCUT2D eigenvalue weighted by atomic mass is 10.3. The molecule has 0 saturated carbocycles. The van der Waals surface area contributed by atoms with Crippen LogP contribution in [0.5, 0.6) is 11.5 Å². The highest BCUT2D eigenvalue weighted by Crippen LogP contribution is 2.31. The Balaban J connectivity index is 2.20. The van der Waals surface area contributed by atoms with Gasteiger partial charge in [0.2, 0.25) is 0 Å². The first-order valence-electron chi connectivity index (χ1n) is 5.17. The van der Waals surface area contributed by atoms with Gasteiger partial charge < -0.3 is 15.7 Å². The normalized spacial score (nSPS) is 11.4. The van der Waals surface area contributed by atoms with Crippen molar-refractivity contribution in [3.05, 3.63) is 51.7 Å². The standard InChI is InChI=1S/C12H9BrClN3O2/c13-9-5-7(14)1-4-11(9)19-8-2-3-10(16-6-8)12(15)17-18/h1-6,18H,(H2,15,17). The molecule has 1 heterocycles. The fraction of sp³-hybridized carbons (Fsp3) is 0. The number of nitrogens with zero attached hydrogens (tertiary/aromatic N) is 2. The second-order valence-corrected chi connectivity index (χ2v) is 4.83. The molecule has 0 radical (unpaired) electrons. The van der Waals surface area contributed by atoms with Crippen LogP contribution in [0.15, 0.2) is 46.2 Å². The number of benzene rings is 1. The monoisotopic (exact) mass is 341 g/mol. The van der Waals surface area contributed by atoms with Gasteiger partial charge in [-0.1, -0.05) is 16.8 Å². The Morgan fingerprint density at radius 3 is 2.74 bits per heavy atom. The molecule has 0 unspecified atom stereocenters. The Morgan fingerprint density at radius 2 is 2.16 bits per heavy atom. The van der Waals surface area contributed by atoms with E-state index >= 15 is 0 Å². The number of oxime groups is 1. The van der Waals surface area contributed by atoms with E-state index < -0.39 is 0 Å². The molecule has 98 valence electrons. The Hall–Kier alpha value is -1.79. The van der Waals surface area contributed by atoms with Gasteiger partial charge >= 0.3 is 0 Å². The van der Waals surface area contributed by atoms with Crippen molar-refractivity contribution in [1.82, 2.24) is 4.98 Å². The number of hydrogen-bond acceptors (Lipinski definition) is 4. The maximum Gasteiger partial charge on any atom is 0.188 e. The third kappa shape index (κ3) is 3.36. The number of halogens is 2. The molecule has 0 bridgehead atoms. The summed E-state index contributed by atoms with van der Waals surface area (Å²) in [7, 11) is 0. The van der Waals surface area contributed by atoms with Gasteiger partial charge in [-0.05, 0) is 46.3 Å². The second kappa shape index (κ2) is 5.90. The first-order valence-corrected chi connectivity index (χ1v) is 6.34. The van der Waals surface area contributed by atoms with E-state index in [0.29, 0.717) is 22.2 Å². The van der Waals surface area contributed by atoms with Gasteiger partial charge in [-0.25, -0.2) is 4.98 Å². The van der Waals surface area contributed by atoms with Crippen LogP contribution >= 0.6 is 27.5 Å². The quantitative estimate of drug-likeness (QED) is 0.388. The molecule has 0 amide bonds. The molecule has 0 aliphatic rings. The zero-order chi connectivity index (χ0) is 13.8. The Morgan fingerprint density at radius 1 is 1.37 bits per heavy atom. The van der Waals surface area contributed by atoms with E-state index in [0.717, 1.165) is 4.47 Å². The molecular weight excluding hydrogens is 334 g/mol. The second-order valence-electron chi connectivity index (χ2n) is 3.54. The van der Waals surface area contributed by atoms with Crippen LogP contribution in [0.3, 0.4) is 0 Å². The van der Waals surface area contributed by atoms with Crippen LogP contribution in [0.25, 0.3) is 0 Å². The van der Waals surface area contributed by atoms with Gasteiger partial charge in [0.1, 0.15) is 17.2 Å². The highest BCUT2D eigenvalue weighted by atomic mass is 79.9. The molecule has 2 aromatic rings. The van der Waals surface area contributed by atoms with Gasteiger partial charge in [-0.15, -0.1) is 0 Å². The first kappa shape index (κ1) is 13.6. The lowest BCUT2D eigenvalue weighted by Gasteiger charge is -2.08. The first-order chi connectivity index (χ1) is 9.10. The summed E-state index contributed by atoms with van der Waals surface area (Å²) in [5.74, 6) is 1.08. The summed E-state index contributed by atoms with van der Waals surface area (Å²) >= 11 is 9.19. The van der Waals surface area contributed by atoms with Gasteiger partial charge in [0.05, 0.1) is 10.7 Å². The maximum absolute atomic E-state index is 8.53. The number of ether oxygens (including phenoxy) is 1. The average molecular weight is 343 g/mol. The van der Waals surface area contributed by atoms with E-state index in [1.54, 1.807) is 30.3 Å². The molecule has 3 N–H and O–H groups in total. The molecule has 5 nitrogen and oxygen atoms in total. The third-order valence-corrected chi connectivity index (χ3v) is 3.08. The van der Waals surface area contributed by atoms with Crippen molar-refractivity contribution in [2.75, 3.05) is 0 Å². The van der Waals surface area contributed by atoms with Gasteiger partial charge in [-0.3, -0.25) is 0 Å². The van der Waals surface area contributed by atoms with Gasteiger partial charge in [0.25, 0.3) is 0 Å². The summed E-state index contributed by atoms with van der Waals surface area (Å²) in [6.07, 6.45) is 1.48. The summed E-state index contributed by atoms with van der Waals surface area (Å²) in [6, 6.07) is 8.45. The van der Waals surface area contributed by atoms with Crippen molar-refractivity contribution < 1.29 is 9.94 Å². The largest absolute Gasteiger partial charge is 0.455 e. The highest BCUT2D eigenvalue weighted by molar-refractivity contribution is 9.10. The summed E-state index contributed by atoms with van der Waals surface area (Å²) in [5.41, 5.74) is 5.78. The molecule has 1 aromatic heterocycles. The SMILES string of the molecule is N/C(=N/O)c1ccc(Oc2ccc(Cl)cc2Br)cn1. The number of pyridine rings is 1. The summed E-state index contributed by atoms with van der Waals surface area (Å²) < 4.78 is 6.36. The predicted molar refractivity (Wildman–Crippen MR) is 76.0 cm³/mol. The summed E-state index contributed by atoms with van der Waals surface area (Å²) in [6.45, 7) is 0. The average Bonchev–Trinajstić information content (AvgIpc) is 2.42. The number of rotatable bonds is 3. The Bertz CT molecular complexity index is 617. The molecular formula is C12H9BrClN3O2. The molecule has 0 atom stereocenters. The number of amidine groups is 1. The van der Waals surface area contributed by atoms with Crippen LogP contribution in [-0.2, 0) is 0 Å². The van der Waals surface area contributed by atoms with E-state index in [4.69, 9.17) is 27.3 Å². The predicted octanol–water partition coefficient (Wildman–Crippen LogP) is 3.38. The van der Waals surface area contributed by atoms with E-state index in [-0.39, 0.29) is 5.84 Å². The lowest BCUT2D eigenvalue weighted by molar-refractivity contribution is 0.318. The van der Waals surface area contributed by atoms with E-state index in [2.05, 4.69) is 26.1 Å². The Labute approximate surface area is 122 Å². The van der Waals surface area contributed by atoms with Crippen molar-refractivity contribution in [3.63, 3.8) is 0 Å². The summed E-state index contributed by atoms with van der Waals surface area (Å²) in [4.78, 5) is 4.01. The zero-order valence-electron chi connectivity index (χ0n) is 9.55. The fourth-order valence-corrected chi connectivity index (χ4v) is 2.09. The number of hydrogen-bond donors (Lipinski definition) is 2. The smallest absolute Gasteiger partial charge is 0.188 e. The Kier molecular flexibility index (Phi) is 4.24. The van der Waals surface area contributed by atoms with Gasteiger partial charge in [-0.2, -0.15) is 0 Å². The van der Waals surface area contributed by atoms with Crippen LogP contribution < -0.4 is 10.5 Å². The molecule has 2 rings (SSSR count). The molecule has 0 fully saturated rings. The van der Waals surface area contributed by atoms with Crippen molar-refractivity contribution in [3.8, 4) is 11.5 Å². The van der Waals surface area contributed by atoms with Crippen LogP contribution in [0.2, 0.25) is 5.02 Å². The minimum atomic E-state index is -0.0563. The molecule has 0 aliphatic heterocycles. The number of nitrogens with two attached hydrogens (primary N) is 1. The van der Waals surface area contributed by atoms with Gasteiger partial charge in [0, 0.05) is 5.02 Å². The molecule has 0 aliphatic carbocycles. The summed E-state index contributed by atoms with van der Waals surface area (Å²) in [5, 5.41) is 12.0. The molecule has 7 heteroatoms. The van der Waals surface area contributed by atoms with Crippen LogP contribution in [0.1, 0.15) is 5.69 Å². The molecule has 0 spiro atoms. The molecule has 19 heavy (non-hydrogen) atoms. The van der Waals surface area contributed by atoms with E-state index in [1.165, 1.54) is 6.20 Å². The van der Waals surface area contributed by atoms with Crippen molar-refractivity contribution in [1.29, 1.82) is 0 Å². The van der Waals surface area contributed by atoms with Crippen molar-refractivity contribution in [2.24, 2.45) is 10.9 Å². The van der Waals surface area contributed by atoms with Crippen molar-refractivity contribution >= 4 is 33.4 Å². The van der Waals surface area contributed by atoms with E-state index in [9.17, 15) is 0 Å². The van der Waals surface area contributed by atoms with Crippen molar-refractivity contribution in [2.45, 2.75) is 0 Å². The zero-order valence-corrected chi connectivity index (χ0v) is 11.9. The van der Waals surface area contributed by atoms with Crippen LogP contribution in [-0.4, -0.2) is 16.0 Å². The highest BCUT2D eigenvalue weighted by Gasteiger charge is 2.05. The maximum atomic E-state index is 8.53. The minimum absolute atomic E-state index is 0.0563. The van der Waals surface area contributed by atoms with E-state index in [1.807, 2.05) is 0 Å². The molecule has 0 saturated heterocycles.